The average molecular weight is 650 g/mol. The number of carbonyl (C=O) groups is 4. The van der Waals surface area contributed by atoms with Gasteiger partial charge in [0, 0.05) is 39.3 Å². The Kier molecular flexibility index (Phi) is 10.5. The molecule has 3 aromatic rings. The first-order valence-electron chi connectivity index (χ1n) is 16.8. The predicted octanol–water partition coefficient (Wildman–Crippen LogP) is 3.75. The van der Waals surface area contributed by atoms with Crippen molar-refractivity contribution in [3.63, 3.8) is 0 Å². The van der Waals surface area contributed by atoms with E-state index in [1.54, 1.807) is 4.90 Å². The molecule has 4 amide bonds. The van der Waals surface area contributed by atoms with Gasteiger partial charge in [-0.15, -0.1) is 0 Å². The van der Waals surface area contributed by atoms with Gasteiger partial charge in [-0.25, -0.2) is 4.79 Å². The summed E-state index contributed by atoms with van der Waals surface area (Å²) in [5.41, 5.74) is 3.05. The number of nitrogens with one attached hydrogen (secondary N) is 1. The highest BCUT2D eigenvalue weighted by Crippen LogP contribution is 2.39. The minimum absolute atomic E-state index is 0.123. The minimum atomic E-state index is -1.02. The molecule has 250 valence electrons. The van der Waals surface area contributed by atoms with Crippen LogP contribution >= 0.6 is 0 Å². The third-order valence-corrected chi connectivity index (χ3v) is 9.45. The van der Waals surface area contributed by atoms with Crippen molar-refractivity contribution < 1.29 is 23.9 Å². The number of cyclic esters (lactones) is 1. The van der Waals surface area contributed by atoms with Crippen molar-refractivity contribution in [2.45, 2.75) is 43.9 Å². The molecule has 10 heteroatoms. The average Bonchev–Trinajstić information content (AvgIpc) is 3.50. The molecule has 48 heavy (non-hydrogen) atoms. The Morgan fingerprint density at radius 2 is 1.54 bits per heavy atom. The van der Waals surface area contributed by atoms with Crippen molar-refractivity contribution in [2.75, 3.05) is 45.9 Å². The number of carbonyl (C=O) groups excluding carboxylic acids is 4. The number of benzene rings is 3. The molecule has 3 aliphatic rings. The Labute approximate surface area is 281 Å². The van der Waals surface area contributed by atoms with E-state index in [4.69, 9.17) is 4.74 Å². The maximum absolute atomic E-state index is 14.3. The second-order valence-corrected chi connectivity index (χ2v) is 12.4. The molecule has 0 aliphatic carbocycles. The lowest BCUT2D eigenvalue weighted by atomic mass is 9.87. The van der Waals surface area contributed by atoms with Gasteiger partial charge < -0.3 is 19.9 Å². The van der Waals surface area contributed by atoms with Crippen molar-refractivity contribution >= 4 is 29.9 Å². The van der Waals surface area contributed by atoms with E-state index in [-0.39, 0.29) is 30.7 Å². The Morgan fingerprint density at radius 3 is 2.21 bits per heavy atom. The number of likely N-dealkylation sites (tertiary alicyclic amines) is 1. The maximum atomic E-state index is 14.3. The predicted molar refractivity (Wildman–Crippen MR) is 183 cm³/mol. The minimum Gasteiger partial charge on any atom is -0.447 e. The van der Waals surface area contributed by atoms with E-state index in [9.17, 15) is 19.2 Å². The van der Waals surface area contributed by atoms with Crippen LogP contribution in [0.15, 0.2) is 97.1 Å². The molecule has 0 radical (unpaired) electrons. The van der Waals surface area contributed by atoms with Gasteiger partial charge in [-0.2, -0.15) is 0 Å². The Morgan fingerprint density at radius 1 is 0.896 bits per heavy atom. The molecule has 6 rings (SSSR count). The number of β-lactam (4-membered cyclic amide) rings is 1. The summed E-state index contributed by atoms with van der Waals surface area (Å²) in [6, 6.07) is 26.5. The molecular formula is C38H43N5O5. The van der Waals surface area contributed by atoms with Gasteiger partial charge in [0.2, 0.25) is 17.7 Å². The van der Waals surface area contributed by atoms with Gasteiger partial charge in [0.05, 0.1) is 18.5 Å². The highest BCUT2D eigenvalue weighted by Gasteiger charge is 2.58. The number of nitrogens with zero attached hydrogens (tertiary/aromatic N) is 4. The van der Waals surface area contributed by atoms with E-state index >= 15 is 0 Å². The van der Waals surface area contributed by atoms with Gasteiger partial charge in [0.25, 0.3) is 0 Å². The zero-order chi connectivity index (χ0) is 33.5. The van der Waals surface area contributed by atoms with E-state index in [0.29, 0.717) is 32.7 Å². The summed E-state index contributed by atoms with van der Waals surface area (Å²) in [7, 11) is 0. The molecule has 3 saturated heterocycles. The number of ether oxygens (including phenoxy) is 1. The molecule has 3 aromatic carbocycles. The third kappa shape index (κ3) is 7.28. The van der Waals surface area contributed by atoms with Crippen molar-refractivity contribution in [3.05, 3.63) is 114 Å². The fraction of sp³-hybridized carbons (Fsp3) is 0.368. The van der Waals surface area contributed by atoms with Crippen LogP contribution in [0.3, 0.4) is 0 Å². The summed E-state index contributed by atoms with van der Waals surface area (Å²) in [6.07, 6.45) is 3.96. The summed E-state index contributed by atoms with van der Waals surface area (Å²) in [5.74, 6) is -0.929. The van der Waals surface area contributed by atoms with Crippen LogP contribution in [0.1, 0.15) is 36.1 Å². The van der Waals surface area contributed by atoms with Crippen LogP contribution in [0.25, 0.3) is 6.08 Å². The van der Waals surface area contributed by atoms with E-state index in [1.807, 2.05) is 97.9 Å². The lowest BCUT2D eigenvalue weighted by Gasteiger charge is -2.53. The molecule has 0 bridgehead atoms. The number of hydrogen-bond acceptors (Lipinski definition) is 6. The third-order valence-electron chi connectivity index (χ3n) is 9.45. The molecule has 3 heterocycles. The summed E-state index contributed by atoms with van der Waals surface area (Å²) in [4.78, 5) is 62.0. The van der Waals surface area contributed by atoms with Gasteiger partial charge in [0.15, 0.2) is 0 Å². The number of piperazine rings is 1. The lowest BCUT2D eigenvalue weighted by molar-refractivity contribution is -0.167. The summed E-state index contributed by atoms with van der Waals surface area (Å²) >= 11 is 0. The number of rotatable bonds is 12. The van der Waals surface area contributed by atoms with Crippen molar-refractivity contribution in [2.24, 2.45) is 0 Å². The second-order valence-electron chi connectivity index (χ2n) is 12.4. The SMILES string of the molecule is CCNC(=O)C[C@@H](C(=O)N1CCN(CCc2ccccc2)CC1)N1C(=O)[C@@H](N2C(=O)OC[C@@H]2c2ccccc2)[C@H]1/C=C/c1ccccc1. The zero-order valence-corrected chi connectivity index (χ0v) is 27.3. The first-order valence-corrected chi connectivity index (χ1v) is 16.8. The van der Waals surface area contributed by atoms with E-state index < -0.39 is 30.3 Å². The first-order chi connectivity index (χ1) is 23.4. The summed E-state index contributed by atoms with van der Waals surface area (Å²) in [6.45, 7) is 5.67. The molecule has 10 nitrogen and oxygen atoms in total. The Hall–Kier alpha value is -4.96. The molecule has 0 saturated carbocycles. The molecule has 3 fully saturated rings. The molecule has 0 spiro atoms. The highest BCUT2D eigenvalue weighted by atomic mass is 16.6. The smallest absolute Gasteiger partial charge is 0.411 e. The first kappa shape index (κ1) is 33.0. The second kappa shape index (κ2) is 15.3. The standard InChI is InChI=1S/C38H43N5O5/c1-2-39-34(44)26-32(36(45)41-24-22-40(23-25-41)21-20-29-14-8-4-9-15-29)42-31(19-18-28-12-6-3-7-13-28)35(37(42)46)43-33(27-48-38(43)47)30-16-10-5-11-17-30/h3-19,31-33,35H,2,20-27H2,1H3,(H,39,44)/b19-18+/t31-,32+,33-,35+/m1/s1. The summed E-state index contributed by atoms with van der Waals surface area (Å²) in [5, 5.41) is 2.81. The topological polar surface area (TPSA) is 103 Å². The molecule has 4 atom stereocenters. The van der Waals surface area contributed by atoms with Crippen LogP contribution in [0, 0.1) is 0 Å². The maximum Gasteiger partial charge on any atom is 0.411 e. The monoisotopic (exact) mass is 649 g/mol. The Bertz CT molecular complexity index is 1590. The van der Waals surface area contributed by atoms with Crippen LogP contribution in [0.2, 0.25) is 0 Å². The van der Waals surface area contributed by atoms with Gasteiger partial charge in [-0.3, -0.25) is 24.2 Å². The van der Waals surface area contributed by atoms with Gasteiger partial charge in [-0.1, -0.05) is 103 Å². The molecule has 3 aliphatic heterocycles. The highest BCUT2D eigenvalue weighted by molar-refractivity contribution is 5.99. The summed E-state index contributed by atoms with van der Waals surface area (Å²) < 4.78 is 5.49. The fourth-order valence-electron chi connectivity index (χ4n) is 6.89. The molecule has 1 N–H and O–H groups in total. The number of amides is 4. The van der Waals surface area contributed by atoms with E-state index in [2.05, 4.69) is 22.3 Å². The van der Waals surface area contributed by atoms with Crippen molar-refractivity contribution in [1.29, 1.82) is 0 Å². The van der Waals surface area contributed by atoms with Crippen LogP contribution in [0.4, 0.5) is 4.79 Å². The molecular weight excluding hydrogens is 606 g/mol. The Balaban J connectivity index is 1.24. The fourth-order valence-corrected chi connectivity index (χ4v) is 6.89. The van der Waals surface area contributed by atoms with Gasteiger partial charge in [-0.05, 0) is 30.0 Å². The quantitative estimate of drug-likeness (QED) is 0.300. The number of hydrogen-bond donors (Lipinski definition) is 1. The van der Waals surface area contributed by atoms with E-state index in [1.165, 1.54) is 15.4 Å². The van der Waals surface area contributed by atoms with Crippen molar-refractivity contribution in [1.82, 2.24) is 24.9 Å². The largest absolute Gasteiger partial charge is 0.447 e. The normalized spacial score (nSPS) is 22.0. The molecule has 0 unspecified atom stereocenters. The van der Waals surface area contributed by atoms with Crippen molar-refractivity contribution in [3.8, 4) is 0 Å². The van der Waals surface area contributed by atoms with Gasteiger partial charge >= 0.3 is 6.09 Å². The van der Waals surface area contributed by atoms with Crippen LogP contribution in [-0.2, 0) is 25.5 Å². The van der Waals surface area contributed by atoms with Crippen LogP contribution < -0.4 is 5.32 Å². The van der Waals surface area contributed by atoms with Crippen LogP contribution in [0.5, 0.6) is 0 Å². The van der Waals surface area contributed by atoms with Gasteiger partial charge in [0.1, 0.15) is 18.7 Å². The molecule has 0 aromatic heterocycles. The zero-order valence-electron chi connectivity index (χ0n) is 27.3. The van der Waals surface area contributed by atoms with Crippen LogP contribution in [-0.4, -0.2) is 107 Å². The lowest BCUT2D eigenvalue weighted by Crippen LogP contribution is -2.74. The van der Waals surface area contributed by atoms with E-state index in [0.717, 1.165) is 24.1 Å².